The first-order valence-electron chi connectivity index (χ1n) is 7.06. The summed E-state index contributed by atoms with van der Waals surface area (Å²) in [7, 11) is 3.28. The largest absolute Gasteiger partial charge is 0.493 e. The fourth-order valence-electron chi connectivity index (χ4n) is 2.54. The standard InChI is InChI=1S/C18H21ClO2/c1-5-13-8-6-7-9-14(13)18(19)15-11-17(21-4)16(20-3)10-12(15)2/h6-11,18H,5H2,1-4H3. The topological polar surface area (TPSA) is 18.5 Å². The van der Waals surface area contributed by atoms with Crippen LogP contribution in [0.25, 0.3) is 0 Å². The molecule has 2 aromatic rings. The van der Waals surface area contributed by atoms with E-state index in [2.05, 4.69) is 19.1 Å². The zero-order chi connectivity index (χ0) is 15.4. The SMILES string of the molecule is CCc1ccccc1C(Cl)c1cc(OC)c(OC)cc1C. The van der Waals surface area contributed by atoms with Crippen molar-refractivity contribution >= 4 is 11.6 Å². The number of halogens is 1. The lowest BCUT2D eigenvalue weighted by Crippen LogP contribution is -2.02. The van der Waals surface area contributed by atoms with Crippen LogP contribution in [0.1, 0.15) is 34.6 Å². The minimum absolute atomic E-state index is 0.194. The van der Waals surface area contributed by atoms with Crippen LogP contribution in [-0.4, -0.2) is 14.2 Å². The van der Waals surface area contributed by atoms with Crippen LogP contribution in [-0.2, 0) is 6.42 Å². The monoisotopic (exact) mass is 304 g/mol. The molecule has 0 aliphatic heterocycles. The Kier molecular flexibility index (Phi) is 5.13. The minimum Gasteiger partial charge on any atom is -0.493 e. The van der Waals surface area contributed by atoms with Gasteiger partial charge in [0.1, 0.15) is 0 Å². The molecule has 2 aromatic carbocycles. The maximum atomic E-state index is 6.75. The number of methoxy groups -OCH3 is 2. The van der Waals surface area contributed by atoms with E-state index in [1.807, 2.05) is 31.2 Å². The summed E-state index contributed by atoms with van der Waals surface area (Å²) in [5, 5.41) is -0.194. The molecule has 0 radical (unpaired) electrons. The van der Waals surface area contributed by atoms with Gasteiger partial charge in [-0.05, 0) is 47.7 Å². The van der Waals surface area contributed by atoms with E-state index in [-0.39, 0.29) is 5.38 Å². The Labute approximate surface area is 131 Å². The van der Waals surface area contributed by atoms with Gasteiger partial charge in [-0.2, -0.15) is 0 Å². The number of hydrogen-bond acceptors (Lipinski definition) is 2. The van der Waals surface area contributed by atoms with E-state index in [0.717, 1.165) is 28.9 Å². The number of aryl methyl sites for hydroxylation is 2. The summed E-state index contributed by atoms with van der Waals surface area (Å²) in [5.41, 5.74) is 4.57. The van der Waals surface area contributed by atoms with E-state index in [1.54, 1.807) is 14.2 Å². The van der Waals surface area contributed by atoms with Crippen LogP contribution < -0.4 is 9.47 Å². The molecule has 0 spiro atoms. The summed E-state index contributed by atoms with van der Waals surface area (Å²) in [4.78, 5) is 0. The molecule has 1 atom stereocenters. The molecule has 0 saturated heterocycles. The molecule has 0 saturated carbocycles. The van der Waals surface area contributed by atoms with Gasteiger partial charge < -0.3 is 9.47 Å². The van der Waals surface area contributed by atoms with Gasteiger partial charge in [-0.15, -0.1) is 11.6 Å². The average molecular weight is 305 g/mol. The molecule has 0 bridgehead atoms. The van der Waals surface area contributed by atoms with Crippen molar-refractivity contribution in [3.63, 3.8) is 0 Å². The average Bonchev–Trinajstić information content (AvgIpc) is 2.53. The van der Waals surface area contributed by atoms with Crippen molar-refractivity contribution < 1.29 is 9.47 Å². The molecule has 112 valence electrons. The third-order valence-corrected chi connectivity index (χ3v) is 4.22. The highest BCUT2D eigenvalue weighted by molar-refractivity contribution is 6.22. The zero-order valence-electron chi connectivity index (χ0n) is 12.9. The van der Waals surface area contributed by atoms with Crippen molar-refractivity contribution in [1.82, 2.24) is 0 Å². The maximum Gasteiger partial charge on any atom is 0.161 e. The Bertz CT molecular complexity index is 623. The third-order valence-electron chi connectivity index (χ3n) is 3.75. The lowest BCUT2D eigenvalue weighted by atomic mass is 9.95. The highest BCUT2D eigenvalue weighted by atomic mass is 35.5. The molecule has 1 unspecified atom stereocenters. The Morgan fingerprint density at radius 3 is 2.24 bits per heavy atom. The van der Waals surface area contributed by atoms with Crippen LogP contribution in [0, 0.1) is 6.92 Å². The van der Waals surface area contributed by atoms with Crippen molar-refractivity contribution in [1.29, 1.82) is 0 Å². The first-order chi connectivity index (χ1) is 10.1. The highest BCUT2D eigenvalue weighted by Gasteiger charge is 2.18. The van der Waals surface area contributed by atoms with Crippen LogP contribution in [0.5, 0.6) is 11.5 Å². The van der Waals surface area contributed by atoms with Crippen LogP contribution in [0.15, 0.2) is 36.4 Å². The molecule has 0 heterocycles. The van der Waals surface area contributed by atoms with Gasteiger partial charge in [-0.3, -0.25) is 0 Å². The molecule has 0 aliphatic carbocycles. The number of ether oxygens (including phenoxy) is 2. The van der Waals surface area contributed by atoms with E-state index < -0.39 is 0 Å². The minimum atomic E-state index is -0.194. The summed E-state index contributed by atoms with van der Waals surface area (Å²) < 4.78 is 10.7. The molecule has 2 rings (SSSR count). The second-order valence-corrected chi connectivity index (χ2v) is 5.42. The third kappa shape index (κ3) is 3.16. The highest BCUT2D eigenvalue weighted by Crippen LogP contribution is 2.38. The Balaban J connectivity index is 2.50. The molecule has 3 heteroatoms. The van der Waals surface area contributed by atoms with Gasteiger partial charge >= 0.3 is 0 Å². The normalized spacial score (nSPS) is 12.0. The van der Waals surface area contributed by atoms with E-state index in [9.17, 15) is 0 Å². The van der Waals surface area contributed by atoms with Gasteiger partial charge in [-0.1, -0.05) is 31.2 Å². The molecule has 0 fully saturated rings. The van der Waals surface area contributed by atoms with Gasteiger partial charge in [0.15, 0.2) is 11.5 Å². The molecule has 21 heavy (non-hydrogen) atoms. The first kappa shape index (κ1) is 15.7. The fourth-order valence-corrected chi connectivity index (χ4v) is 2.99. The number of hydrogen-bond donors (Lipinski definition) is 0. The quantitative estimate of drug-likeness (QED) is 0.731. The molecular formula is C18H21ClO2. The second-order valence-electron chi connectivity index (χ2n) is 4.98. The predicted octanol–water partition coefficient (Wildman–Crippen LogP) is 4.90. The second kappa shape index (κ2) is 6.86. The molecule has 0 amide bonds. The van der Waals surface area contributed by atoms with Crippen molar-refractivity contribution in [3.05, 3.63) is 58.7 Å². The summed E-state index contributed by atoms with van der Waals surface area (Å²) in [6.07, 6.45) is 0.964. The molecular weight excluding hydrogens is 284 g/mol. The van der Waals surface area contributed by atoms with Crippen molar-refractivity contribution in [2.45, 2.75) is 25.6 Å². The van der Waals surface area contributed by atoms with Crippen molar-refractivity contribution in [3.8, 4) is 11.5 Å². The Hall–Kier alpha value is -1.67. The van der Waals surface area contributed by atoms with Gasteiger partial charge in [0.25, 0.3) is 0 Å². The van der Waals surface area contributed by atoms with Crippen LogP contribution in [0.3, 0.4) is 0 Å². The molecule has 0 aromatic heterocycles. The Morgan fingerprint density at radius 2 is 1.62 bits per heavy atom. The van der Waals surface area contributed by atoms with E-state index in [1.165, 1.54) is 5.56 Å². The van der Waals surface area contributed by atoms with E-state index in [0.29, 0.717) is 5.75 Å². The predicted molar refractivity (Wildman–Crippen MR) is 87.8 cm³/mol. The van der Waals surface area contributed by atoms with Gasteiger partial charge in [0.05, 0.1) is 19.6 Å². The number of benzene rings is 2. The number of alkyl halides is 1. The van der Waals surface area contributed by atoms with Crippen molar-refractivity contribution in [2.24, 2.45) is 0 Å². The summed E-state index contributed by atoms with van der Waals surface area (Å²) >= 11 is 6.75. The van der Waals surface area contributed by atoms with Crippen LogP contribution in [0.2, 0.25) is 0 Å². The van der Waals surface area contributed by atoms with Crippen LogP contribution >= 0.6 is 11.6 Å². The van der Waals surface area contributed by atoms with Gasteiger partial charge in [0, 0.05) is 0 Å². The first-order valence-corrected chi connectivity index (χ1v) is 7.50. The van der Waals surface area contributed by atoms with E-state index >= 15 is 0 Å². The molecule has 2 nitrogen and oxygen atoms in total. The fraction of sp³-hybridized carbons (Fsp3) is 0.333. The smallest absolute Gasteiger partial charge is 0.161 e. The van der Waals surface area contributed by atoms with Crippen molar-refractivity contribution in [2.75, 3.05) is 14.2 Å². The lowest BCUT2D eigenvalue weighted by molar-refractivity contribution is 0.354. The van der Waals surface area contributed by atoms with Gasteiger partial charge in [-0.25, -0.2) is 0 Å². The zero-order valence-corrected chi connectivity index (χ0v) is 13.7. The summed E-state index contributed by atoms with van der Waals surface area (Å²) in [6.45, 7) is 4.19. The molecule has 0 N–H and O–H groups in total. The Morgan fingerprint density at radius 1 is 1.00 bits per heavy atom. The molecule has 0 aliphatic rings. The van der Waals surface area contributed by atoms with Gasteiger partial charge in [0.2, 0.25) is 0 Å². The summed E-state index contributed by atoms with van der Waals surface area (Å²) in [5.74, 6) is 1.43. The number of rotatable bonds is 5. The maximum absolute atomic E-state index is 6.75. The van der Waals surface area contributed by atoms with E-state index in [4.69, 9.17) is 21.1 Å². The lowest BCUT2D eigenvalue weighted by Gasteiger charge is -2.19. The summed E-state index contributed by atoms with van der Waals surface area (Å²) in [6, 6.07) is 12.2. The van der Waals surface area contributed by atoms with Crippen LogP contribution in [0.4, 0.5) is 0 Å².